The van der Waals surface area contributed by atoms with Crippen LogP contribution in [0.5, 0.6) is 0 Å². The molecule has 1 aliphatic carbocycles. The average molecular weight is 552 g/mol. The molecule has 1 N–H and O–H groups in total. The van der Waals surface area contributed by atoms with Gasteiger partial charge in [-0.25, -0.2) is 22.2 Å². The van der Waals surface area contributed by atoms with Crippen LogP contribution in [0.15, 0.2) is 46.2 Å². The number of benzene rings is 1. The van der Waals surface area contributed by atoms with Crippen molar-refractivity contribution in [2.24, 2.45) is 0 Å². The number of halogens is 3. The van der Waals surface area contributed by atoms with Gasteiger partial charge in [0.1, 0.15) is 5.65 Å². The van der Waals surface area contributed by atoms with Crippen LogP contribution in [0, 0.1) is 0 Å². The average Bonchev–Trinajstić information content (AvgIpc) is 3.43. The maximum absolute atomic E-state index is 13.6. The summed E-state index contributed by atoms with van der Waals surface area (Å²) in [7, 11) is -3.61. The number of anilines is 1. The second kappa shape index (κ2) is 10.6. The summed E-state index contributed by atoms with van der Waals surface area (Å²) in [6, 6.07) is 7.51. The molecular formula is C25H28ClF2N5O3S. The van der Waals surface area contributed by atoms with Gasteiger partial charge in [-0.2, -0.15) is 9.29 Å². The van der Waals surface area contributed by atoms with Crippen molar-refractivity contribution in [3.63, 3.8) is 0 Å². The van der Waals surface area contributed by atoms with E-state index in [1.54, 1.807) is 24.3 Å². The van der Waals surface area contributed by atoms with Gasteiger partial charge in [-0.1, -0.05) is 25.0 Å². The predicted molar refractivity (Wildman–Crippen MR) is 138 cm³/mol. The van der Waals surface area contributed by atoms with Crippen LogP contribution in [-0.4, -0.2) is 46.4 Å². The Kier molecular flexibility index (Phi) is 7.46. The highest BCUT2D eigenvalue weighted by atomic mass is 35.5. The van der Waals surface area contributed by atoms with E-state index < -0.39 is 27.6 Å². The van der Waals surface area contributed by atoms with Crippen molar-refractivity contribution in [3.05, 3.63) is 58.0 Å². The highest BCUT2D eigenvalue weighted by molar-refractivity contribution is 7.89. The molecule has 0 amide bonds. The normalized spacial score (nSPS) is 18.2. The minimum absolute atomic E-state index is 0.0745. The van der Waals surface area contributed by atoms with Crippen LogP contribution in [0.25, 0.3) is 11.0 Å². The summed E-state index contributed by atoms with van der Waals surface area (Å²) < 4.78 is 56.0. The van der Waals surface area contributed by atoms with E-state index in [-0.39, 0.29) is 17.0 Å². The van der Waals surface area contributed by atoms with Crippen molar-refractivity contribution in [1.82, 2.24) is 18.8 Å². The Morgan fingerprint density at radius 3 is 2.38 bits per heavy atom. The first-order chi connectivity index (χ1) is 17.8. The second-order valence-corrected chi connectivity index (χ2v) is 11.8. The number of nitrogens with zero attached hydrogens (tertiary/aromatic N) is 4. The van der Waals surface area contributed by atoms with Crippen LogP contribution in [0.4, 0.5) is 14.7 Å². The number of fused-ring (bicyclic) bond motifs is 1. The number of piperidine rings is 1. The van der Waals surface area contributed by atoms with Crippen molar-refractivity contribution in [3.8, 4) is 0 Å². The molecule has 2 fully saturated rings. The lowest BCUT2D eigenvalue weighted by Gasteiger charge is -2.31. The molecule has 1 aliphatic heterocycles. The highest BCUT2D eigenvalue weighted by Gasteiger charge is 2.30. The Balaban J connectivity index is 1.33. The molecule has 198 valence electrons. The Bertz CT molecular complexity index is 1440. The summed E-state index contributed by atoms with van der Waals surface area (Å²) in [6.07, 6.45) is 3.04. The molecule has 3 aromatic rings. The van der Waals surface area contributed by atoms with Crippen molar-refractivity contribution < 1.29 is 17.2 Å². The van der Waals surface area contributed by atoms with E-state index in [4.69, 9.17) is 11.6 Å². The highest BCUT2D eigenvalue weighted by Crippen LogP contribution is 2.32. The van der Waals surface area contributed by atoms with Crippen molar-refractivity contribution in [2.75, 3.05) is 18.4 Å². The lowest BCUT2D eigenvalue weighted by atomic mass is 10.1. The third-order valence-electron chi connectivity index (χ3n) is 7.23. The van der Waals surface area contributed by atoms with E-state index in [9.17, 15) is 22.0 Å². The standard InChI is InChI=1S/C25H28ClF2N5O3S/c26-14-16-5-7-20(8-6-16)37(35,36)32-11-9-18(10-12-32)30-25-29-15-17-13-21(22(27)28)24(34)33(23(17)31-25)19-3-1-2-4-19/h5-8,13,15,18-19,22H,1-4,9-12,14H2,(H,29,30,31). The zero-order valence-corrected chi connectivity index (χ0v) is 21.7. The molecule has 37 heavy (non-hydrogen) atoms. The van der Waals surface area contributed by atoms with Gasteiger partial charge in [0, 0.05) is 42.6 Å². The number of hydrogen-bond donors (Lipinski definition) is 1. The van der Waals surface area contributed by atoms with Crippen molar-refractivity contribution in [1.29, 1.82) is 0 Å². The van der Waals surface area contributed by atoms with Gasteiger partial charge < -0.3 is 5.32 Å². The largest absolute Gasteiger partial charge is 0.351 e. The molecule has 0 bridgehead atoms. The summed E-state index contributed by atoms with van der Waals surface area (Å²) in [5, 5.41) is 3.65. The molecule has 0 atom stereocenters. The third-order valence-corrected chi connectivity index (χ3v) is 9.45. The fraction of sp³-hybridized carbons (Fsp3) is 0.480. The molecule has 2 aliphatic rings. The number of alkyl halides is 3. The number of nitrogens with one attached hydrogen (secondary N) is 1. The summed E-state index contributed by atoms with van der Waals surface area (Å²) in [6.45, 7) is 0.657. The van der Waals surface area contributed by atoms with Crippen LogP contribution >= 0.6 is 11.6 Å². The Morgan fingerprint density at radius 2 is 1.76 bits per heavy atom. The fourth-order valence-corrected chi connectivity index (χ4v) is 6.84. The van der Waals surface area contributed by atoms with Crippen LogP contribution in [0.1, 0.15) is 62.1 Å². The quantitative estimate of drug-likeness (QED) is 0.422. The van der Waals surface area contributed by atoms with Crippen LogP contribution in [0.2, 0.25) is 0 Å². The minimum Gasteiger partial charge on any atom is -0.351 e. The minimum atomic E-state index is -3.61. The molecular weight excluding hydrogens is 524 g/mol. The van der Waals surface area contributed by atoms with E-state index in [2.05, 4.69) is 15.3 Å². The topological polar surface area (TPSA) is 97.2 Å². The first-order valence-electron chi connectivity index (χ1n) is 12.4. The monoisotopic (exact) mass is 551 g/mol. The number of aromatic nitrogens is 3. The lowest BCUT2D eigenvalue weighted by Crippen LogP contribution is -2.42. The first-order valence-corrected chi connectivity index (χ1v) is 14.4. The number of hydrogen-bond acceptors (Lipinski definition) is 6. The van der Waals surface area contributed by atoms with E-state index >= 15 is 0 Å². The van der Waals surface area contributed by atoms with E-state index in [0.29, 0.717) is 48.8 Å². The number of sulfonamides is 1. The molecule has 3 heterocycles. The molecule has 0 radical (unpaired) electrons. The van der Waals surface area contributed by atoms with E-state index in [0.717, 1.165) is 31.2 Å². The second-order valence-electron chi connectivity index (χ2n) is 9.59. The first kappa shape index (κ1) is 26.0. The molecule has 8 nitrogen and oxygen atoms in total. The third kappa shape index (κ3) is 5.21. The predicted octanol–water partition coefficient (Wildman–Crippen LogP) is 4.85. The number of pyridine rings is 1. The zero-order chi connectivity index (χ0) is 26.2. The van der Waals surface area contributed by atoms with E-state index in [1.165, 1.54) is 21.1 Å². The van der Waals surface area contributed by atoms with Gasteiger partial charge >= 0.3 is 0 Å². The number of rotatable bonds is 7. The van der Waals surface area contributed by atoms with Gasteiger partial charge in [0.15, 0.2) is 0 Å². The molecule has 1 saturated heterocycles. The summed E-state index contributed by atoms with van der Waals surface area (Å²) in [4.78, 5) is 22.0. The van der Waals surface area contributed by atoms with Gasteiger partial charge in [0.25, 0.3) is 12.0 Å². The van der Waals surface area contributed by atoms with E-state index in [1.807, 2.05) is 0 Å². The Hall–Kier alpha value is -2.63. The zero-order valence-electron chi connectivity index (χ0n) is 20.1. The van der Waals surface area contributed by atoms with Crippen LogP contribution < -0.4 is 10.9 Å². The summed E-state index contributed by atoms with van der Waals surface area (Å²) >= 11 is 5.80. The maximum atomic E-state index is 13.6. The molecule has 0 unspecified atom stereocenters. The van der Waals surface area contributed by atoms with Gasteiger partial charge in [-0.15, -0.1) is 11.6 Å². The fourth-order valence-electron chi connectivity index (χ4n) is 5.19. The molecule has 12 heteroatoms. The van der Waals surface area contributed by atoms with Gasteiger partial charge in [-0.05, 0) is 49.4 Å². The summed E-state index contributed by atoms with van der Waals surface area (Å²) in [5.74, 6) is 0.611. The molecule has 2 aromatic heterocycles. The molecule has 5 rings (SSSR count). The molecule has 0 spiro atoms. The van der Waals surface area contributed by atoms with Crippen LogP contribution in [-0.2, 0) is 15.9 Å². The summed E-state index contributed by atoms with van der Waals surface area (Å²) in [5.41, 5.74) is -0.0341. The van der Waals surface area contributed by atoms with Gasteiger partial charge in [-0.3, -0.25) is 9.36 Å². The Morgan fingerprint density at radius 1 is 1.08 bits per heavy atom. The Labute approximate surface area is 218 Å². The molecule has 1 saturated carbocycles. The lowest BCUT2D eigenvalue weighted by molar-refractivity contribution is 0.149. The molecule has 1 aromatic carbocycles. The van der Waals surface area contributed by atoms with Crippen molar-refractivity contribution >= 4 is 38.6 Å². The SMILES string of the molecule is O=c1c(C(F)F)cc2cnc(NC3CCN(S(=O)(=O)c4ccc(CCl)cc4)CC3)nc2n1C1CCCC1. The van der Waals surface area contributed by atoms with Crippen LogP contribution in [0.3, 0.4) is 0 Å². The van der Waals surface area contributed by atoms with Crippen molar-refractivity contribution in [2.45, 2.75) is 67.8 Å². The van der Waals surface area contributed by atoms with Gasteiger partial charge in [0.2, 0.25) is 16.0 Å². The maximum Gasteiger partial charge on any atom is 0.269 e. The smallest absolute Gasteiger partial charge is 0.269 e. The van der Waals surface area contributed by atoms with Gasteiger partial charge in [0.05, 0.1) is 10.5 Å².